The molecular weight excluding hydrogens is 668 g/mol. The van der Waals surface area contributed by atoms with Crippen molar-refractivity contribution in [3.63, 3.8) is 0 Å². The first-order valence-electron chi connectivity index (χ1n) is 12.5. The average molecular weight is 693 g/mol. The molecular formula is C24H24Cl2F5N5O5S2. The van der Waals surface area contributed by atoms with Gasteiger partial charge in [-0.2, -0.15) is 17.9 Å². The fraction of sp³-hybridized carbons (Fsp3) is 0.500. The van der Waals surface area contributed by atoms with Crippen molar-refractivity contribution in [2.45, 2.75) is 68.7 Å². The average Bonchev–Trinajstić information content (AvgIpc) is 3.50. The number of aliphatic hydroxyl groups is 1. The van der Waals surface area contributed by atoms with E-state index in [1.165, 1.54) is 23.5 Å². The number of nitrogens with zero attached hydrogens (tertiary/aromatic N) is 4. The van der Waals surface area contributed by atoms with Crippen molar-refractivity contribution in [2.24, 2.45) is 0 Å². The van der Waals surface area contributed by atoms with Crippen LogP contribution in [0.4, 0.5) is 22.0 Å². The quantitative estimate of drug-likeness (QED) is 0.292. The molecule has 1 aliphatic rings. The molecule has 0 spiro atoms. The molecule has 236 valence electrons. The van der Waals surface area contributed by atoms with Crippen molar-refractivity contribution >= 4 is 50.5 Å². The predicted molar refractivity (Wildman–Crippen MR) is 147 cm³/mol. The van der Waals surface area contributed by atoms with E-state index in [4.69, 9.17) is 27.6 Å². The van der Waals surface area contributed by atoms with Crippen molar-refractivity contribution in [3.8, 4) is 21.3 Å². The number of rotatable bonds is 8. The topological polar surface area (TPSA) is 139 Å². The summed E-state index contributed by atoms with van der Waals surface area (Å²) in [6.07, 6.45) is -6.03. The van der Waals surface area contributed by atoms with Crippen LogP contribution in [-0.4, -0.2) is 76.3 Å². The largest absolute Gasteiger partial charge is 0.419 e. The number of alkyl halides is 5. The molecule has 0 bridgehead atoms. The number of halogens is 7. The summed E-state index contributed by atoms with van der Waals surface area (Å²) in [6, 6.07) is -0.390. The highest BCUT2D eigenvalue weighted by atomic mass is 35.5. The van der Waals surface area contributed by atoms with Crippen LogP contribution < -0.4 is 4.72 Å². The third-order valence-electron chi connectivity index (χ3n) is 6.25. The molecule has 43 heavy (non-hydrogen) atoms. The standard InChI is InChI=1S/C24H24Cl2F5N5O5S2/c1-11(24(29,30)31)35-43(39,40)13-5-4-12(15(25)16(13)26)18-17(21(37)36-8-6-23(27,28)7-9-36)32-20(42-18)19-34-33-14(41-19)10-22(2,3)38/h4-5,11,35,38H,6-10H2,1-3H3/t11-/m0/s1. The summed E-state index contributed by atoms with van der Waals surface area (Å²) in [5.41, 5.74) is -1.46. The second-order valence-electron chi connectivity index (χ2n) is 10.5. The van der Waals surface area contributed by atoms with Gasteiger partial charge in [0.05, 0.1) is 26.9 Å². The number of likely N-dealkylation sites (tertiary alicyclic amines) is 1. The Balaban J connectivity index is 1.78. The molecule has 1 atom stereocenters. The first-order chi connectivity index (χ1) is 19.7. The lowest BCUT2D eigenvalue weighted by Gasteiger charge is -2.31. The van der Waals surface area contributed by atoms with E-state index in [-0.39, 0.29) is 52.4 Å². The van der Waals surface area contributed by atoms with E-state index >= 15 is 0 Å². The molecule has 3 heterocycles. The minimum atomic E-state index is -4.88. The SMILES string of the molecule is C[C@H](NS(=O)(=O)c1ccc(-c2sc(-c3nnc(CC(C)(C)O)o3)nc2C(=O)N2CCC(F)(F)CC2)c(Cl)c1Cl)C(F)(F)F. The van der Waals surface area contributed by atoms with Crippen LogP contribution >= 0.6 is 34.5 Å². The minimum absolute atomic E-state index is 0.00955. The van der Waals surface area contributed by atoms with Crippen LogP contribution in [0.2, 0.25) is 10.0 Å². The van der Waals surface area contributed by atoms with Gasteiger partial charge >= 0.3 is 6.18 Å². The zero-order chi connectivity index (χ0) is 32.1. The van der Waals surface area contributed by atoms with Gasteiger partial charge in [-0.15, -0.1) is 21.5 Å². The molecule has 3 aromatic rings. The van der Waals surface area contributed by atoms with Crippen LogP contribution in [0, 0.1) is 0 Å². The van der Waals surface area contributed by atoms with E-state index in [0.717, 1.165) is 23.5 Å². The van der Waals surface area contributed by atoms with Gasteiger partial charge in [-0.3, -0.25) is 4.79 Å². The van der Waals surface area contributed by atoms with Crippen LogP contribution in [0.15, 0.2) is 21.4 Å². The number of hydrogen-bond acceptors (Lipinski definition) is 9. The second kappa shape index (κ2) is 11.8. The first kappa shape index (κ1) is 33.5. The summed E-state index contributed by atoms with van der Waals surface area (Å²) < 4.78 is 99.0. The highest BCUT2D eigenvalue weighted by Gasteiger charge is 2.40. The van der Waals surface area contributed by atoms with Gasteiger partial charge in [-0.1, -0.05) is 29.3 Å². The van der Waals surface area contributed by atoms with Crippen molar-refractivity contribution in [2.75, 3.05) is 13.1 Å². The Morgan fingerprint density at radius 3 is 2.40 bits per heavy atom. The molecule has 2 N–H and O–H groups in total. The third kappa shape index (κ3) is 7.62. The molecule has 4 rings (SSSR count). The highest BCUT2D eigenvalue weighted by Crippen LogP contribution is 2.44. The number of thiazole rings is 1. The number of nitrogens with one attached hydrogen (secondary N) is 1. The van der Waals surface area contributed by atoms with Gasteiger partial charge in [0.25, 0.3) is 17.7 Å². The van der Waals surface area contributed by atoms with E-state index in [9.17, 15) is 40.3 Å². The lowest BCUT2D eigenvalue weighted by atomic mass is 10.1. The Labute approximate surface area is 256 Å². The van der Waals surface area contributed by atoms with E-state index in [2.05, 4.69) is 15.2 Å². The number of carbonyl (C=O) groups is 1. The summed E-state index contributed by atoms with van der Waals surface area (Å²) in [5, 5.41) is 16.8. The Hall–Kier alpha value is -2.44. The maximum atomic E-state index is 13.8. The summed E-state index contributed by atoms with van der Waals surface area (Å²) in [7, 11) is -4.80. The number of amides is 1. The molecule has 1 saturated heterocycles. The van der Waals surface area contributed by atoms with Crippen molar-refractivity contribution in [1.29, 1.82) is 0 Å². The van der Waals surface area contributed by atoms with Gasteiger partial charge in [-0.25, -0.2) is 22.2 Å². The molecule has 0 radical (unpaired) electrons. The van der Waals surface area contributed by atoms with Crippen molar-refractivity contribution in [3.05, 3.63) is 33.8 Å². The Bertz CT molecular complexity index is 1630. The lowest BCUT2D eigenvalue weighted by Crippen LogP contribution is -2.43. The summed E-state index contributed by atoms with van der Waals surface area (Å²) in [6.45, 7) is 3.10. The Kier molecular flexibility index (Phi) is 9.19. The highest BCUT2D eigenvalue weighted by molar-refractivity contribution is 7.89. The molecule has 1 fully saturated rings. The monoisotopic (exact) mass is 691 g/mol. The molecule has 1 aromatic carbocycles. The van der Waals surface area contributed by atoms with Gasteiger partial charge in [0.1, 0.15) is 16.6 Å². The van der Waals surface area contributed by atoms with Crippen molar-refractivity contribution < 1.29 is 44.7 Å². The van der Waals surface area contributed by atoms with Crippen LogP contribution in [-0.2, 0) is 16.4 Å². The van der Waals surface area contributed by atoms with E-state index < -0.39 is 67.5 Å². The molecule has 10 nitrogen and oxygen atoms in total. The van der Waals surface area contributed by atoms with E-state index in [1.807, 2.05) is 0 Å². The Morgan fingerprint density at radius 2 is 1.81 bits per heavy atom. The fourth-order valence-electron chi connectivity index (χ4n) is 3.99. The number of aromatic nitrogens is 3. The molecule has 1 amide bonds. The van der Waals surface area contributed by atoms with Gasteiger partial charge < -0.3 is 14.4 Å². The van der Waals surface area contributed by atoms with Crippen LogP contribution in [0.3, 0.4) is 0 Å². The summed E-state index contributed by atoms with van der Waals surface area (Å²) >= 11 is 13.5. The third-order valence-corrected chi connectivity index (χ3v) is 9.90. The van der Waals surface area contributed by atoms with Gasteiger partial charge in [0.2, 0.25) is 15.9 Å². The number of carbonyl (C=O) groups excluding carboxylic acids is 1. The van der Waals surface area contributed by atoms with Crippen molar-refractivity contribution in [1.82, 2.24) is 24.8 Å². The number of benzene rings is 1. The van der Waals surface area contributed by atoms with E-state index in [1.54, 1.807) is 0 Å². The zero-order valence-corrected chi connectivity index (χ0v) is 25.7. The summed E-state index contributed by atoms with van der Waals surface area (Å²) in [4.78, 5) is 18.3. The number of piperidine rings is 1. The fourth-order valence-corrected chi connectivity index (χ4v) is 7.15. The maximum Gasteiger partial charge on any atom is 0.404 e. The molecule has 2 aromatic heterocycles. The predicted octanol–water partition coefficient (Wildman–Crippen LogP) is 5.58. The Morgan fingerprint density at radius 1 is 1.19 bits per heavy atom. The molecule has 19 heteroatoms. The lowest BCUT2D eigenvalue weighted by molar-refractivity contribution is -0.147. The van der Waals surface area contributed by atoms with Gasteiger partial charge in [0.15, 0.2) is 5.01 Å². The van der Waals surface area contributed by atoms with Gasteiger partial charge in [0, 0.05) is 31.5 Å². The van der Waals surface area contributed by atoms with Crippen LogP contribution in [0.25, 0.3) is 21.3 Å². The normalized spacial score (nSPS) is 16.9. The minimum Gasteiger partial charge on any atom is -0.419 e. The maximum absolute atomic E-state index is 13.8. The van der Waals surface area contributed by atoms with Gasteiger partial charge in [-0.05, 0) is 26.8 Å². The van der Waals surface area contributed by atoms with Crippen LogP contribution in [0.1, 0.15) is 50.0 Å². The molecule has 0 unspecified atom stereocenters. The molecule has 0 aliphatic carbocycles. The zero-order valence-electron chi connectivity index (χ0n) is 22.6. The first-order valence-corrected chi connectivity index (χ1v) is 15.5. The van der Waals surface area contributed by atoms with E-state index in [0.29, 0.717) is 6.92 Å². The molecule has 1 aliphatic heterocycles. The second-order valence-corrected chi connectivity index (χ2v) is 13.9. The van der Waals surface area contributed by atoms with Crippen LogP contribution in [0.5, 0.6) is 0 Å². The number of sulfonamides is 1. The smallest absolute Gasteiger partial charge is 0.404 e. The summed E-state index contributed by atoms with van der Waals surface area (Å²) in [5.74, 6) is -3.76. The molecule has 0 saturated carbocycles. The number of hydrogen-bond donors (Lipinski definition) is 2.